The topological polar surface area (TPSA) is 69.2 Å². The largest absolute Gasteiger partial charge is 0.382 e. The van der Waals surface area contributed by atoms with Crippen LogP contribution in [0.3, 0.4) is 0 Å². The predicted octanol–water partition coefficient (Wildman–Crippen LogP) is 0.506. The molecule has 0 aromatic carbocycles. The molecule has 2 heterocycles. The van der Waals surface area contributed by atoms with Crippen molar-refractivity contribution in [2.24, 2.45) is 5.73 Å². The van der Waals surface area contributed by atoms with Crippen molar-refractivity contribution in [1.82, 2.24) is 9.88 Å². The zero-order chi connectivity index (χ0) is 12.4. The first-order chi connectivity index (χ1) is 8.08. The number of nitrogens with one attached hydrogen (secondary N) is 1. The molecule has 92 valence electrons. The van der Waals surface area contributed by atoms with Crippen LogP contribution in [0.4, 0.5) is 5.69 Å². The van der Waals surface area contributed by atoms with Crippen LogP contribution in [0.5, 0.6) is 0 Å². The summed E-state index contributed by atoms with van der Waals surface area (Å²) >= 11 is 0. The summed E-state index contributed by atoms with van der Waals surface area (Å²) in [6, 6.07) is 4.41. The minimum absolute atomic E-state index is 0.0177. The number of amidine groups is 1. The number of nitrogens with zero attached hydrogens (tertiary/aromatic N) is 3. The van der Waals surface area contributed by atoms with E-state index in [0.29, 0.717) is 11.7 Å². The molecule has 1 fully saturated rings. The summed E-state index contributed by atoms with van der Waals surface area (Å²) in [7, 11) is 4.23. The lowest BCUT2D eigenvalue weighted by Crippen LogP contribution is -2.31. The Labute approximate surface area is 102 Å². The first-order valence-electron chi connectivity index (χ1n) is 5.80. The number of anilines is 1. The second-order valence-electron chi connectivity index (χ2n) is 4.67. The van der Waals surface area contributed by atoms with Crippen molar-refractivity contribution in [3.8, 4) is 0 Å². The van der Waals surface area contributed by atoms with Gasteiger partial charge in [0.2, 0.25) is 0 Å². The summed E-state index contributed by atoms with van der Waals surface area (Å²) in [5, 5.41) is 7.30. The number of likely N-dealkylation sites (N-methyl/N-ethyl adjacent to an activating group) is 1. The molecule has 0 bridgehead atoms. The molecule has 0 saturated carbocycles. The highest BCUT2D eigenvalue weighted by molar-refractivity contribution is 5.93. The highest BCUT2D eigenvalue weighted by Gasteiger charge is 2.24. The number of aromatic nitrogens is 1. The van der Waals surface area contributed by atoms with E-state index in [1.54, 1.807) is 12.3 Å². The fraction of sp³-hybridized carbons (Fsp3) is 0.500. The number of pyridine rings is 1. The Balaban J connectivity index is 2.06. The molecule has 0 spiro atoms. The Bertz CT molecular complexity index is 398. The number of rotatable bonds is 3. The summed E-state index contributed by atoms with van der Waals surface area (Å²) in [5.74, 6) is 0.0177. The Morgan fingerprint density at radius 1 is 1.53 bits per heavy atom. The second kappa shape index (κ2) is 4.71. The van der Waals surface area contributed by atoms with E-state index in [1.165, 1.54) is 6.42 Å². The van der Waals surface area contributed by atoms with Crippen LogP contribution < -0.4 is 10.6 Å². The average Bonchev–Trinajstić information content (AvgIpc) is 2.78. The van der Waals surface area contributed by atoms with Gasteiger partial charge in [-0.2, -0.15) is 0 Å². The molecule has 3 N–H and O–H groups in total. The van der Waals surface area contributed by atoms with Gasteiger partial charge in [-0.3, -0.25) is 10.4 Å². The highest BCUT2D eigenvalue weighted by Crippen LogP contribution is 2.21. The van der Waals surface area contributed by atoms with Gasteiger partial charge in [0, 0.05) is 19.1 Å². The zero-order valence-corrected chi connectivity index (χ0v) is 10.3. The van der Waals surface area contributed by atoms with Gasteiger partial charge in [-0.15, -0.1) is 0 Å². The van der Waals surface area contributed by atoms with Crippen molar-refractivity contribution in [1.29, 1.82) is 5.41 Å². The minimum Gasteiger partial charge on any atom is -0.382 e. The molecule has 1 aliphatic rings. The van der Waals surface area contributed by atoms with Crippen molar-refractivity contribution >= 4 is 11.5 Å². The fourth-order valence-electron chi connectivity index (χ4n) is 2.13. The average molecular weight is 233 g/mol. The van der Waals surface area contributed by atoms with Gasteiger partial charge in [0.15, 0.2) is 0 Å². The van der Waals surface area contributed by atoms with Gasteiger partial charge in [0.05, 0.1) is 11.9 Å². The third kappa shape index (κ3) is 2.55. The first kappa shape index (κ1) is 11.9. The van der Waals surface area contributed by atoms with Gasteiger partial charge in [0.25, 0.3) is 0 Å². The number of hydrogen-bond donors (Lipinski definition) is 2. The minimum atomic E-state index is 0.0177. The quantitative estimate of drug-likeness (QED) is 0.589. The maximum Gasteiger partial charge on any atom is 0.141 e. The Morgan fingerprint density at radius 3 is 2.76 bits per heavy atom. The number of nitrogens with two attached hydrogens (primary N) is 1. The van der Waals surface area contributed by atoms with E-state index in [0.717, 1.165) is 18.8 Å². The second-order valence-corrected chi connectivity index (χ2v) is 4.67. The summed E-state index contributed by atoms with van der Waals surface area (Å²) in [6.07, 6.45) is 2.98. The SMILES string of the molecule is CN(C)C1CCN(c2ccc(C(=N)N)nc2)C1. The number of nitrogen functional groups attached to an aromatic ring is 1. The molecule has 2 rings (SSSR count). The van der Waals surface area contributed by atoms with Crippen LogP contribution in [-0.4, -0.2) is 48.9 Å². The predicted molar refractivity (Wildman–Crippen MR) is 69.6 cm³/mol. The van der Waals surface area contributed by atoms with Crippen LogP contribution in [0.15, 0.2) is 18.3 Å². The van der Waals surface area contributed by atoms with Gasteiger partial charge >= 0.3 is 0 Å². The molecule has 1 atom stereocenters. The van der Waals surface area contributed by atoms with E-state index in [9.17, 15) is 0 Å². The highest BCUT2D eigenvalue weighted by atomic mass is 15.2. The summed E-state index contributed by atoms with van der Waals surface area (Å²) in [5.41, 5.74) is 7.03. The molecule has 1 aromatic rings. The first-order valence-corrected chi connectivity index (χ1v) is 5.80. The maximum absolute atomic E-state index is 7.30. The van der Waals surface area contributed by atoms with Gasteiger partial charge in [-0.25, -0.2) is 0 Å². The van der Waals surface area contributed by atoms with E-state index < -0.39 is 0 Å². The molecular weight excluding hydrogens is 214 g/mol. The molecule has 1 aliphatic heterocycles. The van der Waals surface area contributed by atoms with Crippen LogP contribution in [0.2, 0.25) is 0 Å². The fourth-order valence-corrected chi connectivity index (χ4v) is 2.13. The Morgan fingerprint density at radius 2 is 2.29 bits per heavy atom. The lowest BCUT2D eigenvalue weighted by Gasteiger charge is -2.21. The third-order valence-electron chi connectivity index (χ3n) is 3.28. The third-order valence-corrected chi connectivity index (χ3v) is 3.28. The Kier molecular flexibility index (Phi) is 3.28. The van der Waals surface area contributed by atoms with Crippen molar-refractivity contribution in [2.75, 3.05) is 32.1 Å². The molecule has 1 aromatic heterocycles. The van der Waals surface area contributed by atoms with E-state index in [4.69, 9.17) is 11.1 Å². The molecular formula is C12H19N5. The van der Waals surface area contributed by atoms with Crippen LogP contribution in [0, 0.1) is 5.41 Å². The van der Waals surface area contributed by atoms with Crippen molar-refractivity contribution in [2.45, 2.75) is 12.5 Å². The van der Waals surface area contributed by atoms with E-state index in [1.807, 2.05) is 6.07 Å². The molecule has 1 saturated heterocycles. The molecule has 0 aliphatic carbocycles. The van der Waals surface area contributed by atoms with Crippen molar-refractivity contribution in [3.05, 3.63) is 24.0 Å². The van der Waals surface area contributed by atoms with Crippen LogP contribution in [0.1, 0.15) is 12.1 Å². The van der Waals surface area contributed by atoms with Gasteiger partial charge in [0.1, 0.15) is 11.5 Å². The molecule has 0 radical (unpaired) electrons. The monoisotopic (exact) mass is 233 g/mol. The lowest BCUT2D eigenvalue weighted by atomic mass is 10.2. The van der Waals surface area contributed by atoms with Crippen LogP contribution in [0.25, 0.3) is 0 Å². The van der Waals surface area contributed by atoms with E-state index in [2.05, 4.69) is 28.9 Å². The molecule has 5 heteroatoms. The molecule has 17 heavy (non-hydrogen) atoms. The summed E-state index contributed by atoms with van der Waals surface area (Å²) in [6.45, 7) is 2.10. The Hall–Kier alpha value is -1.62. The van der Waals surface area contributed by atoms with Gasteiger partial charge < -0.3 is 15.5 Å². The maximum atomic E-state index is 7.30. The summed E-state index contributed by atoms with van der Waals surface area (Å²) in [4.78, 5) is 8.77. The molecule has 1 unspecified atom stereocenters. The van der Waals surface area contributed by atoms with Crippen molar-refractivity contribution < 1.29 is 0 Å². The van der Waals surface area contributed by atoms with E-state index in [-0.39, 0.29) is 5.84 Å². The molecule has 0 amide bonds. The molecule has 5 nitrogen and oxygen atoms in total. The van der Waals surface area contributed by atoms with Gasteiger partial charge in [-0.1, -0.05) is 0 Å². The van der Waals surface area contributed by atoms with Crippen LogP contribution in [-0.2, 0) is 0 Å². The normalized spacial score (nSPS) is 19.9. The van der Waals surface area contributed by atoms with E-state index >= 15 is 0 Å². The zero-order valence-electron chi connectivity index (χ0n) is 10.3. The van der Waals surface area contributed by atoms with Gasteiger partial charge in [-0.05, 0) is 32.6 Å². The van der Waals surface area contributed by atoms with Crippen LogP contribution >= 0.6 is 0 Å². The lowest BCUT2D eigenvalue weighted by molar-refractivity contribution is 0.315. The summed E-state index contributed by atoms with van der Waals surface area (Å²) < 4.78 is 0. The standard InChI is InChI=1S/C12H19N5/c1-16(2)10-5-6-17(8-10)9-3-4-11(12(13)14)15-7-9/h3-4,7,10H,5-6,8H2,1-2H3,(H3,13,14). The van der Waals surface area contributed by atoms with Crippen molar-refractivity contribution in [3.63, 3.8) is 0 Å². The smallest absolute Gasteiger partial charge is 0.141 e. The number of hydrogen-bond acceptors (Lipinski definition) is 4.